The van der Waals surface area contributed by atoms with Gasteiger partial charge in [0, 0.05) is 25.3 Å². The van der Waals surface area contributed by atoms with Gasteiger partial charge in [-0.1, -0.05) is 31.4 Å². The number of unbranched alkanes of at least 4 members (excludes halogenated alkanes) is 2. The SMILES string of the molecule is CCCCCN(C(=O)c1cnc(NCC)c(Cl)c1)C(C)C. The number of nitrogens with zero attached hydrogens (tertiary/aromatic N) is 2. The molecule has 5 heteroatoms. The summed E-state index contributed by atoms with van der Waals surface area (Å²) in [5.41, 5.74) is 0.548. The Morgan fingerprint density at radius 1 is 1.38 bits per heavy atom. The molecule has 1 rings (SSSR count). The van der Waals surface area contributed by atoms with E-state index in [2.05, 4.69) is 17.2 Å². The van der Waals surface area contributed by atoms with Crippen molar-refractivity contribution in [3.8, 4) is 0 Å². The van der Waals surface area contributed by atoms with Crippen LogP contribution in [0.15, 0.2) is 12.3 Å². The third-order valence-corrected chi connectivity index (χ3v) is 3.61. The number of halogens is 1. The van der Waals surface area contributed by atoms with E-state index in [9.17, 15) is 4.79 Å². The first-order chi connectivity index (χ1) is 10.0. The third-order valence-electron chi connectivity index (χ3n) is 3.32. The van der Waals surface area contributed by atoms with Crippen LogP contribution < -0.4 is 5.32 Å². The molecule has 0 saturated carbocycles. The van der Waals surface area contributed by atoms with Crippen LogP contribution in [-0.4, -0.2) is 34.9 Å². The quantitative estimate of drug-likeness (QED) is 0.732. The largest absolute Gasteiger partial charge is 0.369 e. The van der Waals surface area contributed by atoms with E-state index in [0.29, 0.717) is 16.4 Å². The highest BCUT2D eigenvalue weighted by molar-refractivity contribution is 6.33. The Bertz CT molecular complexity index is 463. The molecule has 1 N–H and O–H groups in total. The Balaban J connectivity index is 2.85. The lowest BCUT2D eigenvalue weighted by molar-refractivity contribution is 0.0702. The summed E-state index contributed by atoms with van der Waals surface area (Å²) in [7, 11) is 0. The Morgan fingerprint density at radius 2 is 2.10 bits per heavy atom. The van der Waals surface area contributed by atoms with Gasteiger partial charge in [0.1, 0.15) is 5.82 Å². The fraction of sp³-hybridized carbons (Fsp3) is 0.625. The van der Waals surface area contributed by atoms with E-state index in [1.54, 1.807) is 12.3 Å². The van der Waals surface area contributed by atoms with Crippen LogP contribution in [0.2, 0.25) is 5.02 Å². The van der Waals surface area contributed by atoms with Gasteiger partial charge in [0.2, 0.25) is 0 Å². The van der Waals surface area contributed by atoms with Gasteiger partial charge in [-0.2, -0.15) is 0 Å². The number of amides is 1. The first-order valence-electron chi connectivity index (χ1n) is 7.71. The molecule has 1 amide bonds. The predicted molar refractivity (Wildman–Crippen MR) is 89.1 cm³/mol. The highest BCUT2D eigenvalue weighted by Gasteiger charge is 2.19. The fourth-order valence-corrected chi connectivity index (χ4v) is 2.38. The number of pyridine rings is 1. The second-order valence-corrected chi connectivity index (χ2v) is 5.79. The molecule has 0 saturated heterocycles. The summed E-state index contributed by atoms with van der Waals surface area (Å²) in [4.78, 5) is 18.7. The molecule has 0 atom stereocenters. The molecule has 0 unspecified atom stereocenters. The van der Waals surface area contributed by atoms with Gasteiger partial charge in [-0.3, -0.25) is 4.79 Å². The van der Waals surface area contributed by atoms with Gasteiger partial charge < -0.3 is 10.2 Å². The van der Waals surface area contributed by atoms with Gasteiger partial charge in [-0.15, -0.1) is 0 Å². The standard InChI is InChI=1S/C16H26ClN3O/c1-5-7-8-9-20(12(3)4)16(21)13-10-14(17)15(18-6-2)19-11-13/h10-12H,5-9H2,1-4H3,(H,18,19). The van der Waals surface area contributed by atoms with E-state index in [4.69, 9.17) is 11.6 Å². The summed E-state index contributed by atoms with van der Waals surface area (Å²) in [6.07, 6.45) is 4.90. The van der Waals surface area contributed by atoms with Crippen LogP contribution in [0.4, 0.5) is 5.82 Å². The molecule has 0 radical (unpaired) electrons. The smallest absolute Gasteiger partial charge is 0.255 e. The summed E-state index contributed by atoms with van der Waals surface area (Å²) < 4.78 is 0. The number of hydrogen-bond donors (Lipinski definition) is 1. The van der Waals surface area contributed by atoms with Crippen LogP contribution in [0.3, 0.4) is 0 Å². The molecule has 1 aromatic rings. The zero-order valence-corrected chi connectivity index (χ0v) is 14.2. The number of carbonyl (C=O) groups is 1. The molecule has 1 heterocycles. The zero-order chi connectivity index (χ0) is 15.8. The summed E-state index contributed by atoms with van der Waals surface area (Å²) in [5.74, 6) is 0.622. The minimum atomic E-state index is -0.00134. The predicted octanol–water partition coefficient (Wildman–Crippen LogP) is 4.21. The molecule has 0 bridgehead atoms. The van der Waals surface area contributed by atoms with Crippen molar-refractivity contribution in [2.75, 3.05) is 18.4 Å². The molecule has 0 spiro atoms. The van der Waals surface area contributed by atoms with Crippen LogP contribution in [0.25, 0.3) is 0 Å². The molecule has 1 aromatic heterocycles. The maximum absolute atomic E-state index is 12.6. The zero-order valence-electron chi connectivity index (χ0n) is 13.4. The van der Waals surface area contributed by atoms with Crippen molar-refractivity contribution in [1.82, 2.24) is 9.88 Å². The summed E-state index contributed by atoms with van der Waals surface area (Å²) in [5, 5.41) is 3.55. The van der Waals surface area contributed by atoms with Crippen molar-refractivity contribution in [1.29, 1.82) is 0 Å². The maximum Gasteiger partial charge on any atom is 0.255 e. The molecule has 0 aromatic carbocycles. The molecule has 0 fully saturated rings. The van der Waals surface area contributed by atoms with Crippen LogP contribution >= 0.6 is 11.6 Å². The van der Waals surface area contributed by atoms with Gasteiger partial charge in [-0.25, -0.2) is 4.98 Å². The first-order valence-corrected chi connectivity index (χ1v) is 8.09. The molecular formula is C16H26ClN3O. The molecular weight excluding hydrogens is 286 g/mol. The van der Waals surface area contributed by atoms with E-state index in [1.165, 1.54) is 0 Å². The number of hydrogen-bond acceptors (Lipinski definition) is 3. The Kier molecular flexibility index (Phi) is 7.51. The molecule has 0 aliphatic carbocycles. The molecule has 0 aliphatic rings. The number of aromatic nitrogens is 1. The highest BCUT2D eigenvalue weighted by Crippen LogP contribution is 2.21. The van der Waals surface area contributed by atoms with Crippen molar-refractivity contribution in [3.05, 3.63) is 22.8 Å². The van der Waals surface area contributed by atoms with E-state index >= 15 is 0 Å². The molecule has 0 aliphatic heterocycles. The topological polar surface area (TPSA) is 45.2 Å². The van der Waals surface area contributed by atoms with Crippen LogP contribution in [0, 0.1) is 0 Å². The first kappa shape index (κ1) is 17.8. The molecule has 118 valence electrons. The lowest BCUT2D eigenvalue weighted by Gasteiger charge is -2.27. The average Bonchev–Trinajstić information content (AvgIpc) is 2.45. The van der Waals surface area contributed by atoms with Crippen molar-refractivity contribution in [2.45, 2.75) is 53.0 Å². The monoisotopic (exact) mass is 311 g/mol. The van der Waals surface area contributed by atoms with E-state index in [1.807, 2.05) is 25.7 Å². The number of carbonyl (C=O) groups excluding carboxylic acids is 1. The fourth-order valence-electron chi connectivity index (χ4n) is 2.14. The number of rotatable bonds is 8. The highest BCUT2D eigenvalue weighted by atomic mass is 35.5. The van der Waals surface area contributed by atoms with Crippen molar-refractivity contribution in [2.24, 2.45) is 0 Å². The number of nitrogens with one attached hydrogen (secondary N) is 1. The minimum Gasteiger partial charge on any atom is -0.369 e. The van der Waals surface area contributed by atoms with Crippen molar-refractivity contribution >= 4 is 23.3 Å². The van der Waals surface area contributed by atoms with E-state index < -0.39 is 0 Å². The minimum absolute atomic E-state index is 0.00134. The Hall–Kier alpha value is -1.29. The maximum atomic E-state index is 12.6. The Labute approximate surface area is 132 Å². The van der Waals surface area contributed by atoms with Gasteiger partial charge in [0.25, 0.3) is 5.91 Å². The summed E-state index contributed by atoms with van der Waals surface area (Å²) >= 11 is 6.17. The number of anilines is 1. The van der Waals surface area contributed by atoms with E-state index in [-0.39, 0.29) is 11.9 Å². The molecule has 4 nitrogen and oxygen atoms in total. The molecule has 21 heavy (non-hydrogen) atoms. The second kappa shape index (κ2) is 8.88. The average molecular weight is 312 g/mol. The summed E-state index contributed by atoms with van der Waals surface area (Å²) in [6.45, 7) is 9.72. The van der Waals surface area contributed by atoms with Gasteiger partial charge in [0.15, 0.2) is 0 Å². The normalized spacial score (nSPS) is 10.8. The van der Waals surface area contributed by atoms with Crippen LogP contribution in [0.1, 0.15) is 57.3 Å². The summed E-state index contributed by atoms with van der Waals surface area (Å²) in [6, 6.07) is 1.87. The third kappa shape index (κ3) is 5.20. The lowest BCUT2D eigenvalue weighted by atomic mass is 10.1. The van der Waals surface area contributed by atoms with Crippen LogP contribution in [0.5, 0.6) is 0 Å². The van der Waals surface area contributed by atoms with Gasteiger partial charge >= 0.3 is 0 Å². The van der Waals surface area contributed by atoms with Crippen molar-refractivity contribution < 1.29 is 4.79 Å². The second-order valence-electron chi connectivity index (χ2n) is 5.38. The van der Waals surface area contributed by atoms with Crippen LogP contribution in [-0.2, 0) is 0 Å². The van der Waals surface area contributed by atoms with Crippen molar-refractivity contribution in [3.63, 3.8) is 0 Å². The Morgan fingerprint density at radius 3 is 2.62 bits per heavy atom. The van der Waals surface area contributed by atoms with E-state index in [0.717, 1.165) is 32.4 Å². The van der Waals surface area contributed by atoms with Gasteiger partial charge in [-0.05, 0) is 33.3 Å². The lowest BCUT2D eigenvalue weighted by Crippen LogP contribution is -2.37. The van der Waals surface area contributed by atoms with Gasteiger partial charge in [0.05, 0.1) is 10.6 Å².